The fraction of sp³-hybridized carbons (Fsp3) is 0.750. The van der Waals surface area contributed by atoms with Crippen LogP contribution >= 0.6 is 15.9 Å². The van der Waals surface area contributed by atoms with Gasteiger partial charge in [-0.2, -0.15) is 5.10 Å². The molecule has 0 amide bonds. The Kier molecular flexibility index (Phi) is 5.99. The first-order valence-electron chi connectivity index (χ1n) is 8.09. The van der Waals surface area contributed by atoms with E-state index < -0.39 is 0 Å². The van der Waals surface area contributed by atoms with Crippen molar-refractivity contribution in [2.75, 3.05) is 6.54 Å². The van der Waals surface area contributed by atoms with E-state index >= 15 is 0 Å². The Labute approximate surface area is 135 Å². The van der Waals surface area contributed by atoms with Crippen molar-refractivity contribution in [2.24, 2.45) is 17.6 Å². The number of nitrogens with two attached hydrogens (primary N) is 1. The smallest absolute Gasteiger partial charge is 0.142 e. The number of carbonyl (C=O) groups excluding carboxylic acids is 1. The molecule has 2 atom stereocenters. The number of nitrogens with zero attached hydrogens (tertiary/aromatic N) is 2. The van der Waals surface area contributed by atoms with Gasteiger partial charge in [0.25, 0.3) is 0 Å². The number of hydrogen-bond donors (Lipinski definition) is 1. The lowest BCUT2D eigenvalue weighted by molar-refractivity contribution is -0.124. The van der Waals surface area contributed by atoms with Gasteiger partial charge in [0.15, 0.2) is 0 Å². The van der Waals surface area contributed by atoms with E-state index in [1.165, 1.54) is 6.42 Å². The minimum atomic E-state index is 0.140. The second-order valence-electron chi connectivity index (χ2n) is 5.91. The molecule has 2 unspecified atom stereocenters. The lowest BCUT2D eigenvalue weighted by Gasteiger charge is -2.29. The second kappa shape index (κ2) is 7.54. The number of aromatic nitrogens is 2. The lowest BCUT2D eigenvalue weighted by atomic mass is 9.76. The van der Waals surface area contributed by atoms with Crippen LogP contribution in [0.5, 0.6) is 0 Å². The summed E-state index contributed by atoms with van der Waals surface area (Å²) >= 11 is 3.63. The highest BCUT2D eigenvalue weighted by molar-refractivity contribution is 9.10. The number of Topliss-reactive ketones (excluding diaryl/α,β-unsaturated/α-hetero) is 1. The van der Waals surface area contributed by atoms with Crippen LogP contribution in [0.15, 0.2) is 4.47 Å². The maximum absolute atomic E-state index is 12.7. The monoisotopic (exact) mass is 355 g/mol. The third-order valence-corrected chi connectivity index (χ3v) is 5.58. The van der Waals surface area contributed by atoms with Gasteiger partial charge >= 0.3 is 0 Å². The summed E-state index contributed by atoms with van der Waals surface area (Å²) in [5.41, 5.74) is 7.93. The highest BCUT2D eigenvalue weighted by atomic mass is 79.9. The first-order chi connectivity index (χ1) is 10.1. The maximum atomic E-state index is 12.7. The van der Waals surface area contributed by atoms with Crippen molar-refractivity contribution in [3.05, 3.63) is 15.9 Å². The minimum Gasteiger partial charge on any atom is -0.330 e. The third-order valence-electron chi connectivity index (χ3n) is 4.66. The van der Waals surface area contributed by atoms with Crippen molar-refractivity contribution in [2.45, 2.75) is 58.9 Å². The van der Waals surface area contributed by atoms with Gasteiger partial charge in [0, 0.05) is 18.9 Å². The molecule has 4 nitrogen and oxygen atoms in total. The van der Waals surface area contributed by atoms with E-state index in [0.29, 0.717) is 24.7 Å². The van der Waals surface area contributed by atoms with E-state index in [1.54, 1.807) is 0 Å². The van der Waals surface area contributed by atoms with Crippen LogP contribution in [0.1, 0.15) is 50.9 Å². The Hall–Kier alpha value is -0.680. The van der Waals surface area contributed by atoms with Gasteiger partial charge in [0.05, 0.1) is 15.9 Å². The highest BCUT2D eigenvalue weighted by Gasteiger charge is 2.31. The molecule has 0 aromatic carbocycles. The van der Waals surface area contributed by atoms with Crippen LogP contribution in [0.2, 0.25) is 0 Å². The lowest BCUT2D eigenvalue weighted by Crippen LogP contribution is -2.33. The number of aryl methyl sites for hydroxylation is 2. The first-order valence-corrected chi connectivity index (χ1v) is 8.88. The molecule has 2 rings (SSSR count). The molecule has 1 aliphatic rings. The van der Waals surface area contributed by atoms with Gasteiger partial charge in [-0.15, -0.1) is 0 Å². The Bertz CT molecular complexity index is 498. The molecule has 5 heteroatoms. The van der Waals surface area contributed by atoms with Crippen LogP contribution in [-0.4, -0.2) is 22.1 Å². The molecule has 1 fully saturated rings. The Morgan fingerprint density at radius 3 is 2.71 bits per heavy atom. The van der Waals surface area contributed by atoms with Crippen LogP contribution in [0.4, 0.5) is 0 Å². The molecule has 1 saturated carbocycles. The maximum Gasteiger partial charge on any atom is 0.142 e. The molecular weight excluding hydrogens is 330 g/mol. The summed E-state index contributed by atoms with van der Waals surface area (Å²) < 4.78 is 2.97. The fourth-order valence-electron chi connectivity index (χ4n) is 3.40. The third kappa shape index (κ3) is 3.57. The number of carbonyl (C=O) groups is 1. The van der Waals surface area contributed by atoms with Crippen LogP contribution in [0.25, 0.3) is 0 Å². The normalized spacial score (nSPS) is 22.5. The van der Waals surface area contributed by atoms with Gasteiger partial charge in [-0.25, -0.2) is 0 Å². The average Bonchev–Trinajstić information content (AvgIpc) is 2.83. The minimum absolute atomic E-state index is 0.140. The molecule has 0 saturated heterocycles. The van der Waals surface area contributed by atoms with Crippen molar-refractivity contribution in [1.82, 2.24) is 9.78 Å². The molecule has 1 heterocycles. The predicted octanol–water partition coefficient (Wildman–Crippen LogP) is 3.10. The van der Waals surface area contributed by atoms with E-state index in [1.807, 2.05) is 4.68 Å². The molecule has 0 aliphatic heterocycles. The largest absolute Gasteiger partial charge is 0.330 e. The van der Waals surface area contributed by atoms with Crippen LogP contribution in [-0.2, 0) is 24.2 Å². The molecule has 0 bridgehead atoms. The second-order valence-corrected chi connectivity index (χ2v) is 6.70. The van der Waals surface area contributed by atoms with E-state index in [2.05, 4.69) is 34.9 Å². The summed E-state index contributed by atoms with van der Waals surface area (Å²) in [4.78, 5) is 12.7. The summed E-state index contributed by atoms with van der Waals surface area (Å²) in [5, 5.41) is 4.58. The Morgan fingerprint density at radius 2 is 2.10 bits per heavy atom. The molecule has 0 spiro atoms. The molecule has 1 aromatic heterocycles. The zero-order chi connectivity index (χ0) is 15.4. The van der Waals surface area contributed by atoms with E-state index in [4.69, 9.17) is 5.73 Å². The summed E-state index contributed by atoms with van der Waals surface area (Å²) in [6.45, 7) is 5.58. The average molecular weight is 356 g/mol. The van der Waals surface area contributed by atoms with Crippen LogP contribution in [0.3, 0.4) is 0 Å². The summed E-state index contributed by atoms with van der Waals surface area (Å²) in [6, 6.07) is 0. The standard InChI is InChI=1S/C16H26BrN3O/c1-3-13-16(17)14(20(4-2)19-13)9-15(21)12-8-6-5-7-11(12)10-18/h11-12H,3-10,18H2,1-2H3. The summed E-state index contributed by atoms with van der Waals surface area (Å²) in [7, 11) is 0. The zero-order valence-corrected chi connectivity index (χ0v) is 14.7. The molecule has 0 radical (unpaired) electrons. The quantitative estimate of drug-likeness (QED) is 0.852. The summed E-state index contributed by atoms with van der Waals surface area (Å²) in [5.74, 6) is 0.845. The van der Waals surface area contributed by atoms with Crippen molar-refractivity contribution >= 4 is 21.7 Å². The van der Waals surface area contributed by atoms with Crippen molar-refractivity contribution in [3.8, 4) is 0 Å². The highest BCUT2D eigenvalue weighted by Crippen LogP contribution is 2.32. The zero-order valence-electron chi connectivity index (χ0n) is 13.1. The van der Waals surface area contributed by atoms with Gasteiger partial charge in [-0.1, -0.05) is 19.8 Å². The van der Waals surface area contributed by atoms with E-state index in [0.717, 1.165) is 48.1 Å². The number of rotatable bonds is 6. The molecule has 21 heavy (non-hydrogen) atoms. The van der Waals surface area contributed by atoms with E-state index in [-0.39, 0.29) is 5.92 Å². The van der Waals surface area contributed by atoms with Gasteiger partial charge < -0.3 is 5.73 Å². The molecule has 2 N–H and O–H groups in total. The number of halogens is 1. The van der Waals surface area contributed by atoms with E-state index in [9.17, 15) is 4.79 Å². The van der Waals surface area contributed by atoms with Crippen molar-refractivity contribution in [1.29, 1.82) is 0 Å². The first kappa shape index (κ1) is 16.7. The van der Waals surface area contributed by atoms with Gasteiger partial charge in [0.2, 0.25) is 0 Å². The SMILES string of the molecule is CCc1nn(CC)c(CC(=O)C2CCCCC2CN)c1Br. The molecule has 1 aromatic rings. The topological polar surface area (TPSA) is 60.9 Å². The summed E-state index contributed by atoms with van der Waals surface area (Å²) in [6.07, 6.45) is 5.82. The number of hydrogen-bond acceptors (Lipinski definition) is 3. The Balaban J connectivity index is 2.17. The van der Waals surface area contributed by atoms with Crippen molar-refractivity contribution in [3.63, 3.8) is 0 Å². The van der Waals surface area contributed by atoms with Crippen LogP contribution in [0, 0.1) is 11.8 Å². The van der Waals surface area contributed by atoms with Crippen molar-refractivity contribution < 1.29 is 4.79 Å². The number of ketones is 1. The predicted molar refractivity (Wildman–Crippen MR) is 88.2 cm³/mol. The van der Waals surface area contributed by atoms with Gasteiger partial charge in [-0.05, 0) is 54.6 Å². The van der Waals surface area contributed by atoms with Gasteiger partial charge in [-0.3, -0.25) is 9.48 Å². The van der Waals surface area contributed by atoms with Gasteiger partial charge in [0.1, 0.15) is 5.78 Å². The van der Waals surface area contributed by atoms with Crippen LogP contribution < -0.4 is 5.73 Å². The Morgan fingerprint density at radius 1 is 1.38 bits per heavy atom. The fourth-order valence-corrected chi connectivity index (χ4v) is 4.10. The molecule has 1 aliphatic carbocycles. The molecule has 118 valence electrons. The molecular formula is C16H26BrN3O.